The molecule has 0 aromatic heterocycles. The Morgan fingerprint density at radius 2 is 1.28 bits per heavy atom. The lowest BCUT2D eigenvalue weighted by Gasteiger charge is -2.28. The standard InChI is InChI=1S/C24H28N4O4/c29-23(26-13-5-1-6-14-26)19-9-3-4-10-21(19)25-22-17-18(28(31)32)11-12-20(22)24(30)27-15-7-2-8-16-27/h3-4,9-12,17,25H,1-2,5-8,13-16H2. The summed E-state index contributed by atoms with van der Waals surface area (Å²) in [5.74, 6) is -0.218. The summed E-state index contributed by atoms with van der Waals surface area (Å²) in [7, 11) is 0. The Hall–Kier alpha value is -3.42. The van der Waals surface area contributed by atoms with E-state index in [0.717, 1.165) is 51.6 Å². The zero-order chi connectivity index (χ0) is 22.5. The molecule has 0 radical (unpaired) electrons. The third kappa shape index (κ3) is 4.74. The normalized spacial score (nSPS) is 16.5. The quantitative estimate of drug-likeness (QED) is 0.546. The highest BCUT2D eigenvalue weighted by Gasteiger charge is 2.25. The SMILES string of the molecule is O=C(c1ccccc1Nc1cc([N+](=O)[O-])ccc1C(=O)N1CCCCC1)N1CCCCC1. The van der Waals surface area contributed by atoms with E-state index in [1.165, 1.54) is 18.2 Å². The summed E-state index contributed by atoms with van der Waals surface area (Å²) in [6.07, 6.45) is 6.10. The molecule has 2 aromatic carbocycles. The molecule has 2 fully saturated rings. The molecule has 2 aliphatic heterocycles. The van der Waals surface area contributed by atoms with Gasteiger partial charge >= 0.3 is 0 Å². The van der Waals surface area contributed by atoms with Crippen molar-refractivity contribution in [2.24, 2.45) is 0 Å². The van der Waals surface area contributed by atoms with E-state index in [1.54, 1.807) is 29.2 Å². The number of amides is 2. The Labute approximate surface area is 187 Å². The van der Waals surface area contributed by atoms with Gasteiger partial charge in [-0.1, -0.05) is 12.1 Å². The predicted octanol–water partition coefficient (Wildman–Crippen LogP) is 4.59. The van der Waals surface area contributed by atoms with E-state index in [2.05, 4.69) is 5.32 Å². The van der Waals surface area contributed by atoms with E-state index in [-0.39, 0.29) is 17.5 Å². The van der Waals surface area contributed by atoms with Crippen molar-refractivity contribution < 1.29 is 14.5 Å². The Kier molecular flexibility index (Phi) is 6.68. The zero-order valence-corrected chi connectivity index (χ0v) is 18.1. The molecule has 0 bridgehead atoms. The Bertz CT molecular complexity index is 1010. The van der Waals surface area contributed by atoms with Gasteiger partial charge in [0.05, 0.1) is 27.4 Å². The number of nitro groups is 1. The molecular weight excluding hydrogens is 408 g/mol. The van der Waals surface area contributed by atoms with Gasteiger partial charge in [0.15, 0.2) is 0 Å². The van der Waals surface area contributed by atoms with Crippen molar-refractivity contribution in [3.8, 4) is 0 Å². The molecule has 2 heterocycles. The summed E-state index contributed by atoms with van der Waals surface area (Å²) >= 11 is 0. The minimum absolute atomic E-state index is 0.0675. The number of benzene rings is 2. The lowest BCUT2D eigenvalue weighted by Crippen LogP contribution is -2.36. The van der Waals surface area contributed by atoms with Gasteiger partial charge in [-0.15, -0.1) is 0 Å². The van der Waals surface area contributed by atoms with Crippen molar-refractivity contribution in [1.29, 1.82) is 0 Å². The number of non-ortho nitro benzene ring substituents is 1. The second-order valence-corrected chi connectivity index (χ2v) is 8.36. The van der Waals surface area contributed by atoms with Crippen LogP contribution in [0.4, 0.5) is 17.1 Å². The maximum Gasteiger partial charge on any atom is 0.271 e. The molecule has 8 nitrogen and oxygen atoms in total. The first kappa shape index (κ1) is 21.8. The number of para-hydroxylation sites is 1. The van der Waals surface area contributed by atoms with E-state index in [9.17, 15) is 19.7 Å². The molecule has 168 valence electrons. The Morgan fingerprint density at radius 3 is 1.84 bits per heavy atom. The molecule has 0 saturated carbocycles. The average Bonchev–Trinajstić information content (AvgIpc) is 2.84. The number of carbonyl (C=O) groups is 2. The van der Waals surface area contributed by atoms with Crippen LogP contribution in [0.2, 0.25) is 0 Å². The predicted molar refractivity (Wildman–Crippen MR) is 122 cm³/mol. The lowest BCUT2D eigenvalue weighted by molar-refractivity contribution is -0.384. The number of carbonyl (C=O) groups excluding carboxylic acids is 2. The highest BCUT2D eigenvalue weighted by Crippen LogP contribution is 2.30. The van der Waals surface area contributed by atoms with Gasteiger partial charge in [-0.05, 0) is 56.7 Å². The minimum atomic E-state index is -0.481. The Morgan fingerprint density at radius 1 is 0.750 bits per heavy atom. The number of nitro benzene ring substituents is 1. The average molecular weight is 437 g/mol. The third-order valence-electron chi connectivity index (χ3n) is 6.16. The van der Waals surface area contributed by atoms with E-state index < -0.39 is 4.92 Å². The lowest BCUT2D eigenvalue weighted by atomic mass is 10.1. The molecule has 1 N–H and O–H groups in total. The fourth-order valence-corrected chi connectivity index (χ4v) is 4.39. The van der Waals surface area contributed by atoms with Gasteiger partial charge in [0.25, 0.3) is 17.5 Å². The van der Waals surface area contributed by atoms with Crippen LogP contribution in [0.15, 0.2) is 42.5 Å². The van der Waals surface area contributed by atoms with Crippen molar-refractivity contribution in [3.05, 3.63) is 63.7 Å². The maximum atomic E-state index is 13.2. The van der Waals surface area contributed by atoms with Crippen LogP contribution in [-0.2, 0) is 0 Å². The number of hydrogen-bond acceptors (Lipinski definition) is 5. The van der Waals surface area contributed by atoms with Gasteiger partial charge in [0.2, 0.25) is 0 Å². The number of rotatable bonds is 5. The topological polar surface area (TPSA) is 95.8 Å². The van der Waals surface area contributed by atoms with Gasteiger partial charge in [-0.25, -0.2) is 0 Å². The molecule has 2 amide bonds. The number of hydrogen-bond donors (Lipinski definition) is 1. The maximum absolute atomic E-state index is 13.2. The van der Waals surface area contributed by atoms with Crippen molar-refractivity contribution in [1.82, 2.24) is 9.80 Å². The molecule has 2 aliphatic rings. The number of piperidine rings is 2. The monoisotopic (exact) mass is 436 g/mol. The molecule has 2 aromatic rings. The second-order valence-electron chi connectivity index (χ2n) is 8.36. The Balaban J connectivity index is 1.67. The van der Waals surface area contributed by atoms with Crippen LogP contribution in [0.1, 0.15) is 59.2 Å². The number of nitrogens with zero attached hydrogens (tertiary/aromatic N) is 3. The van der Waals surface area contributed by atoms with Crippen LogP contribution in [0, 0.1) is 10.1 Å². The van der Waals surface area contributed by atoms with E-state index in [0.29, 0.717) is 35.6 Å². The molecule has 32 heavy (non-hydrogen) atoms. The van der Waals surface area contributed by atoms with Gasteiger partial charge in [-0.3, -0.25) is 19.7 Å². The summed E-state index contributed by atoms with van der Waals surface area (Å²) in [5.41, 5.74) is 1.64. The van der Waals surface area contributed by atoms with Crippen molar-refractivity contribution >= 4 is 28.9 Å². The van der Waals surface area contributed by atoms with E-state index in [4.69, 9.17) is 0 Å². The number of nitrogens with one attached hydrogen (secondary N) is 1. The molecule has 0 spiro atoms. The molecular formula is C24H28N4O4. The van der Waals surface area contributed by atoms with Gasteiger partial charge in [-0.2, -0.15) is 0 Å². The van der Waals surface area contributed by atoms with Gasteiger partial charge in [0.1, 0.15) is 0 Å². The van der Waals surface area contributed by atoms with Crippen LogP contribution in [0.25, 0.3) is 0 Å². The van der Waals surface area contributed by atoms with Crippen LogP contribution in [0.3, 0.4) is 0 Å². The first-order valence-electron chi connectivity index (χ1n) is 11.3. The molecule has 8 heteroatoms. The molecule has 0 aliphatic carbocycles. The fraction of sp³-hybridized carbons (Fsp3) is 0.417. The van der Waals surface area contributed by atoms with Crippen LogP contribution in [0.5, 0.6) is 0 Å². The minimum Gasteiger partial charge on any atom is -0.354 e. The van der Waals surface area contributed by atoms with Crippen molar-refractivity contribution in [2.45, 2.75) is 38.5 Å². The summed E-state index contributed by atoms with van der Waals surface area (Å²) in [4.78, 5) is 40.9. The fourth-order valence-electron chi connectivity index (χ4n) is 4.39. The first-order valence-corrected chi connectivity index (χ1v) is 11.3. The number of likely N-dealkylation sites (tertiary alicyclic amines) is 2. The molecule has 2 saturated heterocycles. The third-order valence-corrected chi connectivity index (χ3v) is 6.16. The van der Waals surface area contributed by atoms with Crippen molar-refractivity contribution in [3.63, 3.8) is 0 Å². The zero-order valence-electron chi connectivity index (χ0n) is 18.1. The molecule has 0 unspecified atom stereocenters. The largest absolute Gasteiger partial charge is 0.354 e. The summed E-state index contributed by atoms with van der Waals surface area (Å²) in [6, 6.07) is 11.4. The van der Waals surface area contributed by atoms with E-state index >= 15 is 0 Å². The summed E-state index contributed by atoms with van der Waals surface area (Å²) < 4.78 is 0. The summed E-state index contributed by atoms with van der Waals surface area (Å²) in [6.45, 7) is 2.81. The van der Waals surface area contributed by atoms with Crippen molar-refractivity contribution in [2.75, 3.05) is 31.5 Å². The first-order chi connectivity index (χ1) is 15.5. The van der Waals surface area contributed by atoms with Gasteiger partial charge in [0, 0.05) is 38.3 Å². The molecule has 0 atom stereocenters. The highest BCUT2D eigenvalue weighted by molar-refractivity contribution is 6.03. The second kappa shape index (κ2) is 9.80. The molecule has 4 rings (SSSR count). The van der Waals surface area contributed by atoms with E-state index in [1.807, 2.05) is 4.90 Å². The smallest absolute Gasteiger partial charge is 0.271 e. The van der Waals surface area contributed by atoms with Gasteiger partial charge < -0.3 is 15.1 Å². The highest BCUT2D eigenvalue weighted by atomic mass is 16.6. The number of anilines is 2. The summed E-state index contributed by atoms with van der Waals surface area (Å²) in [5, 5.41) is 14.6. The van der Waals surface area contributed by atoms with Crippen LogP contribution < -0.4 is 5.32 Å². The van der Waals surface area contributed by atoms with Crippen LogP contribution in [-0.4, -0.2) is 52.7 Å². The van der Waals surface area contributed by atoms with Crippen LogP contribution >= 0.6 is 0 Å².